The number of carbonyl (C=O) groups excluding carboxylic acids is 1. The van der Waals surface area contributed by atoms with E-state index < -0.39 is 5.97 Å². The van der Waals surface area contributed by atoms with Gasteiger partial charge in [-0.1, -0.05) is 0 Å². The normalized spacial score (nSPS) is 26.4. The molecule has 1 saturated heterocycles. The van der Waals surface area contributed by atoms with Gasteiger partial charge in [-0.25, -0.2) is 0 Å². The van der Waals surface area contributed by atoms with Crippen LogP contribution in [-0.2, 0) is 9.59 Å². The van der Waals surface area contributed by atoms with Crippen LogP contribution in [0.1, 0.15) is 25.7 Å². The second-order valence-electron chi connectivity index (χ2n) is 4.61. The van der Waals surface area contributed by atoms with Crippen LogP contribution in [0.15, 0.2) is 0 Å². The van der Waals surface area contributed by atoms with Crippen molar-refractivity contribution in [3.05, 3.63) is 0 Å². The lowest BCUT2D eigenvalue weighted by Crippen LogP contribution is -2.41. The molecule has 5 heteroatoms. The molecule has 0 aromatic rings. The van der Waals surface area contributed by atoms with Gasteiger partial charge in [-0.05, 0) is 30.9 Å². The van der Waals surface area contributed by atoms with Crippen molar-refractivity contribution in [1.82, 2.24) is 5.32 Å². The largest absolute Gasteiger partial charge is 0.481 e. The van der Waals surface area contributed by atoms with Crippen molar-refractivity contribution >= 4 is 23.6 Å². The minimum absolute atomic E-state index is 0.0585. The van der Waals surface area contributed by atoms with Crippen LogP contribution in [0, 0.1) is 11.8 Å². The SMILES string of the molecule is O=C(O)CC(NC(=O)C1CCSC1)C1CC1. The number of carboxylic acid groups (broad SMARTS) is 1. The molecule has 16 heavy (non-hydrogen) atoms. The van der Waals surface area contributed by atoms with Crippen molar-refractivity contribution in [3.8, 4) is 0 Å². The third-order valence-corrected chi connectivity index (χ3v) is 4.38. The van der Waals surface area contributed by atoms with Gasteiger partial charge in [0.05, 0.1) is 6.42 Å². The number of amides is 1. The van der Waals surface area contributed by atoms with Crippen LogP contribution >= 0.6 is 11.8 Å². The van der Waals surface area contributed by atoms with Crippen LogP contribution in [0.25, 0.3) is 0 Å². The molecular formula is C11H17NO3S. The van der Waals surface area contributed by atoms with Crippen LogP contribution < -0.4 is 5.32 Å². The molecule has 0 spiro atoms. The van der Waals surface area contributed by atoms with Gasteiger partial charge in [-0.15, -0.1) is 0 Å². The van der Waals surface area contributed by atoms with Crippen LogP contribution in [0.5, 0.6) is 0 Å². The van der Waals surface area contributed by atoms with Gasteiger partial charge in [0.1, 0.15) is 0 Å². The Morgan fingerprint density at radius 1 is 1.38 bits per heavy atom. The first-order valence-electron chi connectivity index (χ1n) is 5.76. The van der Waals surface area contributed by atoms with Gasteiger partial charge in [0.25, 0.3) is 0 Å². The van der Waals surface area contributed by atoms with Crippen molar-refractivity contribution in [1.29, 1.82) is 0 Å². The molecule has 0 aromatic heterocycles. The van der Waals surface area contributed by atoms with E-state index in [9.17, 15) is 9.59 Å². The molecule has 0 bridgehead atoms. The average Bonchev–Trinajstić information content (AvgIpc) is 2.91. The monoisotopic (exact) mass is 243 g/mol. The van der Waals surface area contributed by atoms with Gasteiger partial charge >= 0.3 is 5.97 Å². The summed E-state index contributed by atoms with van der Waals surface area (Å²) >= 11 is 1.80. The van der Waals surface area contributed by atoms with Gasteiger partial charge in [0, 0.05) is 17.7 Å². The summed E-state index contributed by atoms with van der Waals surface area (Å²) in [6, 6.07) is -0.143. The zero-order valence-corrected chi connectivity index (χ0v) is 9.96. The first kappa shape index (κ1) is 11.8. The van der Waals surface area contributed by atoms with Gasteiger partial charge in [-0.3, -0.25) is 9.59 Å². The Morgan fingerprint density at radius 3 is 2.62 bits per heavy atom. The van der Waals surface area contributed by atoms with Crippen LogP contribution in [0.4, 0.5) is 0 Å². The summed E-state index contributed by atoms with van der Waals surface area (Å²) in [6.07, 6.45) is 3.10. The number of carbonyl (C=O) groups is 2. The molecule has 0 aromatic carbocycles. The van der Waals surface area contributed by atoms with E-state index in [1.54, 1.807) is 11.8 Å². The second-order valence-corrected chi connectivity index (χ2v) is 5.76. The molecule has 2 atom stereocenters. The summed E-state index contributed by atoms with van der Waals surface area (Å²) in [5.41, 5.74) is 0. The molecular weight excluding hydrogens is 226 g/mol. The van der Waals surface area contributed by atoms with E-state index in [2.05, 4.69) is 5.32 Å². The number of carboxylic acids is 1. The molecule has 2 unspecified atom stereocenters. The summed E-state index contributed by atoms with van der Waals surface area (Å²) in [4.78, 5) is 22.5. The molecule has 2 fully saturated rings. The molecule has 4 nitrogen and oxygen atoms in total. The zero-order valence-electron chi connectivity index (χ0n) is 9.15. The van der Waals surface area contributed by atoms with Gasteiger partial charge < -0.3 is 10.4 Å². The molecule has 1 aliphatic heterocycles. The van der Waals surface area contributed by atoms with Crippen molar-refractivity contribution in [2.24, 2.45) is 11.8 Å². The number of rotatable bonds is 5. The van der Waals surface area contributed by atoms with Gasteiger partial charge in [0.15, 0.2) is 0 Å². The Labute approximate surface area is 99.2 Å². The minimum atomic E-state index is -0.821. The predicted octanol–water partition coefficient (Wildman–Crippen LogP) is 1.11. The van der Waals surface area contributed by atoms with E-state index in [4.69, 9.17) is 5.11 Å². The van der Waals surface area contributed by atoms with E-state index >= 15 is 0 Å². The number of aliphatic carboxylic acids is 1. The van der Waals surface area contributed by atoms with Crippen molar-refractivity contribution in [2.45, 2.75) is 31.7 Å². The Kier molecular flexibility index (Phi) is 3.74. The Morgan fingerprint density at radius 2 is 2.12 bits per heavy atom. The highest BCUT2D eigenvalue weighted by Crippen LogP contribution is 2.34. The Balaban J connectivity index is 1.84. The highest BCUT2D eigenvalue weighted by molar-refractivity contribution is 7.99. The number of nitrogens with one attached hydrogen (secondary N) is 1. The van der Waals surface area contributed by atoms with Crippen LogP contribution in [0.3, 0.4) is 0 Å². The third-order valence-electron chi connectivity index (χ3n) is 3.21. The van der Waals surface area contributed by atoms with E-state index in [1.807, 2.05) is 0 Å². The average molecular weight is 243 g/mol. The summed E-state index contributed by atoms with van der Waals surface area (Å²) in [5, 5.41) is 11.7. The molecule has 1 saturated carbocycles. The maximum Gasteiger partial charge on any atom is 0.305 e. The highest BCUT2D eigenvalue weighted by Gasteiger charge is 2.35. The standard InChI is InChI=1S/C11H17NO3S/c13-10(14)5-9(7-1-2-7)12-11(15)8-3-4-16-6-8/h7-9H,1-6H2,(H,12,15)(H,13,14). The minimum Gasteiger partial charge on any atom is -0.481 e. The number of hydrogen-bond donors (Lipinski definition) is 2. The molecule has 1 amide bonds. The zero-order chi connectivity index (χ0) is 11.5. The van der Waals surface area contributed by atoms with Crippen molar-refractivity contribution < 1.29 is 14.7 Å². The van der Waals surface area contributed by atoms with E-state index in [-0.39, 0.29) is 24.3 Å². The maximum absolute atomic E-state index is 11.9. The smallest absolute Gasteiger partial charge is 0.305 e. The summed E-state index contributed by atoms with van der Waals surface area (Å²) < 4.78 is 0. The van der Waals surface area contributed by atoms with E-state index in [1.165, 1.54) is 0 Å². The lowest BCUT2D eigenvalue weighted by molar-refractivity contribution is -0.138. The summed E-state index contributed by atoms with van der Waals surface area (Å²) in [5.74, 6) is 1.66. The fourth-order valence-corrected chi connectivity index (χ4v) is 3.28. The number of hydrogen-bond acceptors (Lipinski definition) is 3. The predicted molar refractivity (Wildman–Crippen MR) is 62.3 cm³/mol. The fraction of sp³-hybridized carbons (Fsp3) is 0.818. The quantitative estimate of drug-likeness (QED) is 0.759. The molecule has 90 valence electrons. The number of thioether (sulfide) groups is 1. The Hall–Kier alpha value is -0.710. The summed E-state index contributed by atoms with van der Waals surface area (Å²) in [7, 11) is 0. The molecule has 2 rings (SSSR count). The summed E-state index contributed by atoms with van der Waals surface area (Å²) in [6.45, 7) is 0. The highest BCUT2D eigenvalue weighted by atomic mass is 32.2. The third kappa shape index (κ3) is 3.14. The lowest BCUT2D eigenvalue weighted by Gasteiger charge is -2.18. The van der Waals surface area contributed by atoms with Crippen molar-refractivity contribution in [3.63, 3.8) is 0 Å². The Bertz CT molecular complexity index is 285. The topological polar surface area (TPSA) is 66.4 Å². The molecule has 0 radical (unpaired) electrons. The second kappa shape index (κ2) is 5.08. The first-order valence-corrected chi connectivity index (χ1v) is 6.92. The molecule has 1 aliphatic carbocycles. The maximum atomic E-state index is 11.9. The fourth-order valence-electron chi connectivity index (χ4n) is 2.06. The van der Waals surface area contributed by atoms with Crippen molar-refractivity contribution in [2.75, 3.05) is 11.5 Å². The molecule has 2 N–H and O–H groups in total. The van der Waals surface area contributed by atoms with Gasteiger partial charge in [-0.2, -0.15) is 11.8 Å². The first-order chi connectivity index (χ1) is 7.66. The van der Waals surface area contributed by atoms with Crippen LogP contribution in [0.2, 0.25) is 0 Å². The van der Waals surface area contributed by atoms with Gasteiger partial charge in [0.2, 0.25) is 5.91 Å². The van der Waals surface area contributed by atoms with Crippen LogP contribution in [-0.4, -0.2) is 34.5 Å². The van der Waals surface area contributed by atoms with E-state index in [0.717, 1.165) is 30.8 Å². The lowest BCUT2D eigenvalue weighted by atomic mass is 10.1. The van der Waals surface area contributed by atoms with E-state index in [0.29, 0.717) is 5.92 Å². The molecule has 1 heterocycles. The molecule has 2 aliphatic rings.